The van der Waals surface area contributed by atoms with Crippen molar-refractivity contribution in [3.05, 3.63) is 23.8 Å². The topological polar surface area (TPSA) is 0 Å². The van der Waals surface area contributed by atoms with Crippen molar-refractivity contribution in [1.82, 2.24) is 0 Å². The van der Waals surface area contributed by atoms with Gasteiger partial charge in [0.25, 0.3) is 0 Å². The molecule has 2 rings (SSSR count). The number of hydrogen-bond donors (Lipinski definition) is 0. The Labute approximate surface area is 107 Å². The van der Waals surface area contributed by atoms with Crippen molar-refractivity contribution in [2.45, 2.75) is 71.1 Å². The lowest BCUT2D eigenvalue weighted by atomic mass is 9.98. The summed E-state index contributed by atoms with van der Waals surface area (Å²) >= 11 is 0. The number of fused-ring (bicyclic) bond motifs is 2. The minimum Gasteiger partial charge on any atom is -0.0847 e. The Morgan fingerprint density at radius 2 is 1.82 bits per heavy atom. The third kappa shape index (κ3) is 4.01. The minimum atomic E-state index is 0.838. The minimum absolute atomic E-state index is 0.838. The Balaban J connectivity index is 1.49. The fraction of sp³-hybridized carbons (Fsp3) is 0.765. The van der Waals surface area contributed by atoms with E-state index >= 15 is 0 Å². The van der Waals surface area contributed by atoms with Gasteiger partial charge < -0.3 is 0 Å². The van der Waals surface area contributed by atoms with E-state index in [4.69, 9.17) is 0 Å². The van der Waals surface area contributed by atoms with E-state index in [1.165, 1.54) is 64.2 Å². The molecule has 0 spiro atoms. The quantitative estimate of drug-likeness (QED) is 0.375. The van der Waals surface area contributed by atoms with Gasteiger partial charge in [0.15, 0.2) is 0 Å². The first-order valence-electron chi connectivity index (χ1n) is 7.77. The number of allylic oxidation sites excluding steroid dienone is 4. The van der Waals surface area contributed by atoms with Crippen LogP contribution in [0, 0.1) is 11.8 Å². The first-order chi connectivity index (χ1) is 8.40. The number of hydrogen-bond acceptors (Lipinski definition) is 0. The summed E-state index contributed by atoms with van der Waals surface area (Å²) in [5.74, 6) is 1.74. The normalized spacial score (nSPS) is 28.4. The fourth-order valence-corrected chi connectivity index (χ4v) is 3.28. The van der Waals surface area contributed by atoms with Gasteiger partial charge in [-0.2, -0.15) is 0 Å². The summed E-state index contributed by atoms with van der Waals surface area (Å²) in [5.41, 5.74) is 1.75. The van der Waals surface area contributed by atoms with Gasteiger partial charge >= 0.3 is 0 Å². The zero-order valence-corrected chi connectivity index (χ0v) is 11.5. The lowest BCUT2D eigenvalue weighted by molar-refractivity contribution is 0.591. The smallest absolute Gasteiger partial charge is 0.00173 e. The first-order valence-corrected chi connectivity index (χ1v) is 7.77. The van der Waals surface area contributed by atoms with Gasteiger partial charge in [-0.05, 0) is 37.5 Å². The largest absolute Gasteiger partial charge is 0.0847 e. The van der Waals surface area contributed by atoms with Gasteiger partial charge in [-0.25, -0.2) is 0 Å². The molecule has 0 saturated heterocycles. The summed E-state index contributed by atoms with van der Waals surface area (Å²) in [6.07, 6.45) is 21.6. The monoisotopic (exact) mass is 232 g/mol. The molecule has 2 aliphatic rings. The van der Waals surface area contributed by atoms with E-state index in [2.05, 4.69) is 25.2 Å². The van der Waals surface area contributed by atoms with E-state index in [1.807, 2.05) is 0 Å². The highest BCUT2D eigenvalue weighted by Gasteiger charge is 2.29. The highest BCUT2D eigenvalue weighted by atomic mass is 14.3. The van der Waals surface area contributed by atoms with E-state index < -0.39 is 0 Å². The average Bonchev–Trinajstić information content (AvgIpc) is 2.94. The van der Waals surface area contributed by atoms with E-state index in [0.717, 1.165) is 11.8 Å². The van der Waals surface area contributed by atoms with Crippen LogP contribution in [0.2, 0.25) is 0 Å². The van der Waals surface area contributed by atoms with Gasteiger partial charge in [-0.3, -0.25) is 0 Å². The van der Waals surface area contributed by atoms with Gasteiger partial charge in [-0.1, -0.05) is 69.2 Å². The maximum atomic E-state index is 2.56. The maximum absolute atomic E-state index is 2.56. The summed E-state index contributed by atoms with van der Waals surface area (Å²) in [7, 11) is 0. The van der Waals surface area contributed by atoms with E-state index in [0.29, 0.717) is 0 Å². The summed E-state index contributed by atoms with van der Waals surface area (Å²) in [6, 6.07) is 0. The van der Waals surface area contributed by atoms with Crippen LogP contribution >= 0.6 is 0 Å². The maximum Gasteiger partial charge on any atom is -0.00173 e. The Morgan fingerprint density at radius 3 is 2.47 bits per heavy atom. The molecule has 2 aliphatic carbocycles. The molecule has 0 aromatic heterocycles. The lowest BCUT2D eigenvalue weighted by Crippen LogP contribution is -1.92. The fourth-order valence-electron chi connectivity index (χ4n) is 3.28. The molecular weight excluding hydrogens is 204 g/mol. The van der Waals surface area contributed by atoms with E-state index in [-0.39, 0.29) is 0 Å². The van der Waals surface area contributed by atoms with Gasteiger partial charge in [0.2, 0.25) is 0 Å². The Bertz CT molecular complexity index is 272. The van der Waals surface area contributed by atoms with Crippen molar-refractivity contribution >= 4 is 0 Å². The third-order valence-electron chi connectivity index (χ3n) is 4.36. The van der Waals surface area contributed by atoms with Crippen molar-refractivity contribution in [2.75, 3.05) is 0 Å². The van der Waals surface area contributed by atoms with Crippen LogP contribution in [0.1, 0.15) is 71.1 Å². The van der Waals surface area contributed by atoms with Crippen LogP contribution < -0.4 is 0 Å². The standard InChI is InChI=1S/C17H28/c1-2-3-4-5-6-7-8-9-10-16-13-15-11-12-17(16)14-15/h10-12,15,17H,2-9,13-14H2,1H3. The number of unbranched alkanes of at least 4 members (excludes halogenated alkanes) is 7. The van der Waals surface area contributed by atoms with Crippen LogP contribution in [0.5, 0.6) is 0 Å². The molecule has 2 atom stereocenters. The second kappa shape index (κ2) is 7.03. The molecule has 0 heteroatoms. The average molecular weight is 232 g/mol. The molecule has 2 bridgehead atoms. The molecule has 17 heavy (non-hydrogen) atoms. The Morgan fingerprint density at radius 1 is 1.06 bits per heavy atom. The van der Waals surface area contributed by atoms with Crippen molar-refractivity contribution in [1.29, 1.82) is 0 Å². The van der Waals surface area contributed by atoms with E-state index in [9.17, 15) is 0 Å². The molecule has 0 nitrogen and oxygen atoms in total. The summed E-state index contributed by atoms with van der Waals surface area (Å²) < 4.78 is 0. The molecule has 2 unspecified atom stereocenters. The predicted molar refractivity (Wildman–Crippen MR) is 76.0 cm³/mol. The second-order valence-corrected chi connectivity index (χ2v) is 5.88. The SMILES string of the molecule is CCCCCCCCCC=C1CC2C=CC1C2. The van der Waals surface area contributed by atoms with Crippen molar-refractivity contribution in [3.63, 3.8) is 0 Å². The van der Waals surface area contributed by atoms with Crippen molar-refractivity contribution in [2.24, 2.45) is 11.8 Å². The van der Waals surface area contributed by atoms with Gasteiger partial charge in [0.1, 0.15) is 0 Å². The Kier molecular flexibility index (Phi) is 5.35. The molecule has 1 saturated carbocycles. The van der Waals surface area contributed by atoms with Crippen LogP contribution in [0.3, 0.4) is 0 Å². The molecule has 96 valence electrons. The molecule has 0 aromatic rings. The van der Waals surface area contributed by atoms with Gasteiger partial charge in [0, 0.05) is 0 Å². The molecule has 0 aliphatic heterocycles. The van der Waals surface area contributed by atoms with Crippen LogP contribution in [-0.4, -0.2) is 0 Å². The van der Waals surface area contributed by atoms with Crippen LogP contribution in [0.25, 0.3) is 0 Å². The van der Waals surface area contributed by atoms with Crippen LogP contribution in [-0.2, 0) is 0 Å². The Hall–Kier alpha value is -0.520. The molecule has 0 radical (unpaired) electrons. The number of rotatable bonds is 8. The predicted octanol–water partition coefficient (Wildman–Crippen LogP) is 5.65. The molecule has 0 heterocycles. The summed E-state index contributed by atoms with van der Waals surface area (Å²) in [5, 5.41) is 0. The molecular formula is C17H28. The second-order valence-electron chi connectivity index (χ2n) is 5.88. The third-order valence-corrected chi connectivity index (χ3v) is 4.36. The first kappa shape index (κ1) is 12.9. The van der Waals surface area contributed by atoms with E-state index in [1.54, 1.807) is 5.57 Å². The van der Waals surface area contributed by atoms with Crippen molar-refractivity contribution in [3.8, 4) is 0 Å². The zero-order valence-electron chi connectivity index (χ0n) is 11.5. The molecule has 0 N–H and O–H groups in total. The molecule has 0 amide bonds. The lowest BCUT2D eigenvalue weighted by Gasteiger charge is -2.07. The molecule has 0 aromatic carbocycles. The summed E-state index contributed by atoms with van der Waals surface area (Å²) in [4.78, 5) is 0. The molecule has 1 fully saturated rings. The highest BCUT2D eigenvalue weighted by molar-refractivity contribution is 5.26. The van der Waals surface area contributed by atoms with Crippen LogP contribution in [0.15, 0.2) is 23.8 Å². The highest BCUT2D eigenvalue weighted by Crippen LogP contribution is 2.43. The van der Waals surface area contributed by atoms with Crippen LogP contribution in [0.4, 0.5) is 0 Å². The van der Waals surface area contributed by atoms with Gasteiger partial charge in [-0.15, -0.1) is 0 Å². The zero-order chi connectivity index (χ0) is 11.9. The van der Waals surface area contributed by atoms with Gasteiger partial charge in [0.05, 0.1) is 0 Å². The van der Waals surface area contributed by atoms with Crippen molar-refractivity contribution < 1.29 is 0 Å². The summed E-state index contributed by atoms with van der Waals surface area (Å²) in [6.45, 7) is 2.29.